The van der Waals surface area contributed by atoms with Gasteiger partial charge >= 0.3 is 13.8 Å². The van der Waals surface area contributed by atoms with E-state index in [4.69, 9.17) is 9.47 Å². The van der Waals surface area contributed by atoms with Crippen LogP contribution in [0.25, 0.3) is 0 Å². The number of ether oxygens (including phenoxy) is 2. The van der Waals surface area contributed by atoms with Crippen LogP contribution < -0.4 is 10.1 Å². The van der Waals surface area contributed by atoms with E-state index in [0.29, 0.717) is 26.6 Å². The molecule has 2 aromatic rings. The standard InChI is InChI=1S/C23H26Br2NO6P/c1-5-31-21(28)11-19(13(2)3)26-23(29)16-10-15(6-7-20(16)27)32-22-17(24)8-14(9-18(22)25)12-33(4)30/h6-10,13,19H,5,11-12H2,1-4H3,(H-,26,27,29)/p+1. The van der Waals surface area contributed by atoms with E-state index in [0.717, 1.165) is 5.56 Å². The smallest absolute Gasteiger partial charge is 0.340 e. The molecule has 0 aliphatic heterocycles. The Morgan fingerprint density at radius 1 is 1.15 bits per heavy atom. The summed E-state index contributed by atoms with van der Waals surface area (Å²) in [5.74, 6) is -0.350. The maximum atomic E-state index is 12.9. The first-order chi connectivity index (χ1) is 15.5. The van der Waals surface area contributed by atoms with Crippen molar-refractivity contribution in [2.45, 2.75) is 39.4 Å². The fraction of sp³-hybridized carbons (Fsp3) is 0.391. The Labute approximate surface area is 211 Å². The zero-order valence-electron chi connectivity index (χ0n) is 18.9. The van der Waals surface area contributed by atoms with Gasteiger partial charge in [-0.25, -0.2) is 0 Å². The summed E-state index contributed by atoms with van der Waals surface area (Å²) in [6.07, 6.45) is 0.475. The number of aromatic hydroxyl groups is 1. The van der Waals surface area contributed by atoms with Gasteiger partial charge in [-0.3, -0.25) is 9.59 Å². The lowest BCUT2D eigenvalue weighted by atomic mass is 10.00. The molecule has 0 fully saturated rings. The second-order valence-electron chi connectivity index (χ2n) is 7.79. The number of benzene rings is 2. The van der Waals surface area contributed by atoms with Crippen LogP contribution >= 0.6 is 39.7 Å². The molecule has 7 nitrogen and oxygen atoms in total. The van der Waals surface area contributed by atoms with Crippen LogP contribution in [0.4, 0.5) is 0 Å². The predicted octanol–water partition coefficient (Wildman–Crippen LogP) is 6.37. The van der Waals surface area contributed by atoms with Gasteiger partial charge in [0.15, 0.2) is 11.9 Å². The number of hydrogen-bond acceptors (Lipinski definition) is 6. The average Bonchev–Trinajstić information content (AvgIpc) is 2.70. The number of phenolic OH excluding ortho intramolecular Hbond substituents is 1. The minimum absolute atomic E-state index is 0.0221. The van der Waals surface area contributed by atoms with Crippen molar-refractivity contribution in [1.82, 2.24) is 5.32 Å². The third kappa shape index (κ3) is 8.09. The number of esters is 1. The normalized spacial score (nSPS) is 12.3. The first-order valence-corrected chi connectivity index (χ1v) is 13.8. The van der Waals surface area contributed by atoms with Crippen molar-refractivity contribution in [2.24, 2.45) is 5.92 Å². The lowest BCUT2D eigenvalue weighted by Gasteiger charge is -2.22. The summed E-state index contributed by atoms with van der Waals surface area (Å²) in [4.78, 5) is 24.8. The molecule has 0 bridgehead atoms. The molecular formula is C23H27Br2NO6P+. The molecule has 0 aromatic heterocycles. The zero-order valence-corrected chi connectivity index (χ0v) is 22.9. The summed E-state index contributed by atoms with van der Waals surface area (Å²) in [6.45, 7) is 7.43. The second kappa shape index (κ2) is 12.5. The van der Waals surface area contributed by atoms with Crippen molar-refractivity contribution in [3.05, 3.63) is 50.4 Å². The summed E-state index contributed by atoms with van der Waals surface area (Å²) < 4.78 is 23.8. The van der Waals surface area contributed by atoms with Gasteiger partial charge in [-0.1, -0.05) is 18.4 Å². The summed E-state index contributed by atoms with van der Waals surface area (Å²) in [7, 11) is -1.33. The Bertz CT molecular complexity index is 1020. The highest BCUT2D eigenvalue weighted by Crippen LogP contribution is 2.40. The number of carbonyl (C=O) groups is 2. The lowest BCUT2D eigenvalue weighted by Crippen LogP contribution is -2.40. The molecule has 0 saturated carbocycles. The first kappa shape index (κ1) is 27.3. The molecule has 1 amide bonds. The molecule has 178 valence electrons. The van der Waals surface area contributed by atoms with E-state index < -0.39 is 25.7 Å². The van der Waals surface area contributed by atoms with Crippen LogP contribution in [0, 0.1) is 5.92 Å². The van der Waals surface area contributed by atoms with Crippen molar-refractivity contribution in [3.63, 3.8) is 0 Å². The molecule has 0 radical (unpaired) electrons. The van der Waals surface area contributed by atoms with E-state index in [1.807, 2.05) is 26.0 Å². The highest BCUT2D eigenvalue weighted by atomic mass is 79.9. The Hall–Kier alpha value is -1.96. The van der Waals surface area contributed by atoms with Gasteiger partial charge in [-0.15, -0.1) is 0 Å². The van der Waals surface area contributed by atoms with Crippen LogP contribution in [0.5, 0.6) is 17.2 Å². The Kier molecular flexibility index (Phi) is 10.3. The molecule has 2 atom stereocenters. The highest BCUT2D eigenvalue weighted by molar-refractivity contribution is 9.11. The van der Waals surface area contributed by atoms with E-state index in [2.05, 4.69) is 37.2 Å². The van der Waals surface area contributed by atoms with Crippen LogP contribution in [-0.2, 0) is 20.3 Å². The quantitative estimate of drug-likeness (QED) is 0.241. The summed E-state index contributed by atoms with van der Waals surface area (Å²) in [6, 6.07) is 7.54. The molecule has 0 heterocycles. The van der Waals surface area contributed by atoms with Gasteiger partial charge in [0.05, 0.1) is 27.5 Å². The SMILES string of the molecule is CCOC(=O)CC(NC(=O)c1cc(Oc2c(Br)cc(C[P+](C)=O)cc2Br)ccc1O)C(C)C. The Morgan fingerprint density at radius 3 is 2.33 bits per heavy atom. The fourth-order valence-electron chi connectivity index (χ4n) is 3.04. The molecule has 0 aliphatic carbocycles. The van der Waals surface area contributed by atoms with Crippen LogP contribution in [0.15, 0.2) is 39.3 Å². The molecule has 33 heavy (non-hydrogen) atoms. The molecule has 2 unspecified atom stereocenters. The maximum absolute atomic E-state index is 12.9. The van der Waals surface area contributed by atoms with Crippen LogP contribution in [0.3, 0.4) is 0 Å². The van der Waals surface area contributed by atoms with Gasteiger partial charge in [0, 0.05) is 11.6 Å². The molecule has 0 saturated heterocycles. The van der Waals surface area contributed by atoms with Crippen LogP contribution in [0.2, 0.25) is 0 Å². The third-order valence-corrected chi connectivity index (χ3v) is 6.70. The molecule has 2 rings (SSSR count). The van der Waals surface area contributed by atoms with Crippen molar-refractivity contribution >= 4 is 51.5 Å². The van der Waals surface area contributed by atoms with Gasteiger partial charge < -0.3 is 19.9 Å². The van der Waals surface area contributed by atoms with Crippen molar-refractivity contribution in [2.75, 3.05) is 13.3 Å². The largest absolute Gasteiger partial charge is 0.507 e. The van der Waals surface area contributed by atoms with Crippen molar-refractivity contribution < 1.29 is 28.7 Å². The number of hydrogen-bond donors (Lipinski definition) is 2. The second-order valence-corrected chi connectivity index (χ2v) is 11.1. The van der Waals surface area contributed by atoms with E-state index in [9.17, 15) is 19.3 Å². The summed E-state index contributed by atoms with van der Waals surface area (Å²) >= 11 is 6.94. The predicted molar refractivity (Wildman–Crippen MR) is 135 cm³/mol. The average molecular weight is 604 g/mol. The fourth-order valence-corrected chi connectivity index (χ4v) is 5.18. The summed E-state index contributed by atoms with van der Waals surface area (Å²) in [5.41, 5.74) is 0.908. The lowest BCUT2D eigenvalue weighted by molar-refractivity contribution is -0.143. The van der Waals surface area contributed by atoms with Gasteiger partial charge in [0.25, 0.3) is 5.91 Å². The molecule has 10 heteroatoms. The van der Waals surface area contributed by atoms with Crippen molar-refractivity contribution in [3.8, 4) is 17.2 Å². The van der Waals surface area contributed by atoms with Gasteiger partial charge in [-0.2, -0.15) is 0 Å². The topological polar surface area (TPSA) is 102 Å². The van der Waals surface area contributed by atoms with Gasteiger partial charge in [0.1, 0.15) is 18.2 Å². The molecule has 0 aliphatic rings. The van der Waals surface area contributed by atoms with Crippen LogP contribution in [-0.4, -0.2) is 36.3 Å². The Balaban J connectivity index is 2.24. The number of carbonyl (C=O) groups excluding carboxylic acids is 2. The minimum Gasteiger partial charge on any atom is -0.507 e. The summed E-state index contributed by atoms with van der Waals surface area (Å²) in [5, 5.41) is 13.1. The van der Waals surface area contributed by atoms with Crippen molar-refractivity contribution in [1.29, 1.82) is 0 Å². The van der Waals surface area contributed by atoms with E-state index in [1.54, 1.807) is 19.7 Å². The molecule has 2 aromatic carbocycles. The van der Waals surface area contributed by atoms with E-state index in [1.165, 1.54) is 12.1 Å². The van der Waals surface area contributed by atoms with Crippen LogP contribution in [0.1, 0.15) is 43.1 Å². The maximum Gasteiger partial charge on any atom is 0.340 e. The zero-order chi connectivity index (χ0) is 24.7. The highest BCUT2D eigenvalue weighted by Gasteiger charge is 2.23. The number of phenols is 1. The first-order valence-electron chi connectivity index (χ1n) is 10.3. The monoisotopic (exact) mass is 602 g/mol. The van der Waals surface area contributed by atoms with Gasteiger partial charge in [0.2, 0.25) is 0 Å². The molecule has 0 spiro atoms. The number of nitrogens with one attached hydrogen (secondary N) is 1. The van der Waals surface area contributed by atoms with Gasteiger partial charge in [-0.05, 0) is 75.0 Å². The minimum atomic E-state index is -1.33. The molecule has 2 N–H and O–H groups in total. The number of halogens is 2. The number of rotatable bonds is 10. The van der Waals surface area contributed by atoms with E-state index in [-0.39, 0.29) is 30.3 Å². The molecular weight excluding hydrogens is 577 g/mol. The number of amides is 1. The Morgan fingerprint density at radius 2 is 1.79 bits per heavy atom. The third-order valence-electron chi connectivity index (χ3n) is 4.71. The van der Waals surface area contributed by atoms with E-state index >= 15 is 0 Å².